The van der Waals surface area contributed by atoms with Gasteiger partial charge in [0.05, 0.1) is 18.6 Å². The highest BCUT2D eigenvalue weighted by Crippen LogP contribution is 2.12. The first-order valence-electron chi connectivity index (χ1n) is 5.12. The summed E-state index contributed by atoms with van der Waals surface area (Å²) in [6.07, 6.45) is -3.17. The second-order valence-corrected chi connectivity index (χ2v) is 3.58. The van der Waals surface area contributed by atoms with Gasteiger partial charge in [-0.2, -0.15) is 13.2 Å². The number of hydrogen-bond acceptors (Lipinski definition) is 4. The molecule has 1 rings (SSSR count). The Balaban J connectivity index is 2.33. The minimum absolute atomic E-state index is 0.322. The van der Waals surface area contributed by atoms with Crippen LogP contribution in [0.4, 0.5) is 13.2 Å². The number of aliphatic hydroxyl groups excluding tert-OH is 1. The lowest BCUT2D eigenvalue weighted by molar-refractivity contribution is -0.146. The van der Waals surface area contributed by atoms with Crippen LogP contribution >= 0.6 is 0 Å². The second-order valence-electron chi connectivity index (χ2n) is 3.58. The van der Waals surface area contributed by atoms with Crippen LogP contribution in [-0.4, -0.2) is 36.2 Å². The maximum absolute atomic E-state index is 11.8. The summed E-state index contributed by atoms with van der Waals surface area (Å²) in [6.45, 7) is -1.92. The van der Waals surface area contributed by atoms with Crippen molar-refractivity contribution in [3.63, 3.8) is 0 Å². The highest BCUT2D eigenvalue weighted by Gasteiger charge is 2.29. The predicted molar refractivity (Wildman–Crippen MR) is 55.7 cm³/mol. The van der Waals surface area contributed by atoms with Crippen molar-refractivity contribution in [2.45, 2.75) is 12.3 Å². The van der Waals surface area contributed by atoms with E-state index in [4.69, 9.17) is 0 Å². The smallest absolute Gasteiger partial charge is 0.405 e. The maximum atomic E-state index is 11.8. The number of rotatable bonds is 4. The van der Waals surface area contributed by atoms with Gasteiger partial charge in [-0.25, -0.2) is 0 Å². The summed E-state index contributed by atoms with van der Waals surface area (Å²) in [5.41, 5.74) is 0.371. The fourth-order valence-electron chi connectivity index (χ4n) is 1.11. The van der Waals surface area contributed by atoms with Gasteiger partial charge in [-0.05, 0) is 6.07 Å². The third-order valence-corrected chi connectivity index (χ3v) is 2.04. The monoisotopic (exact) mass is 280 g/mol. The van der Waals surface area contributed by atoms with Crippen molar-refractivity contribution in [1.29, 1.82) is 0 Å². The average molecular weight is 280 g/mol. The number of hydrogen-bond donors (Lipinski definition) is 3. The first-order chi connectivity index (χ1) is 8.79. The Kier molecular flexibility index (Phi) is 4.93. The van der Waals surface area contributed by atoms with Crippen LogP contribution in [0.1, 0.15) is 11.7 Å². The maximum Gasteiger partial charge on any atom is 0.405 e. The molecule has 0 fully saturated rings. The quantitative estimate of drug-likeness (QED) is 0.682. The van der Waals surface area contributed by atoms with Crippen molar-refractivity contribution < 1.29 is 32.3 Å². The summed E-state index contributed by atoms with van der Waals surface area (Å²) in [5, 5.41) is 12.9. The van der Waals surface area contributed by atoms with E-state index in [1.165, 1.54) is 23.9 Å². The summed E-state index contributed by atoms with van der Waals surface area (Å²) in [7, 11) is 0. The second kappa shape index (κ2) is 6.23. The Hall–Kier alpha value is -2.03. The van der Waals surface area contributed by atoms with Crippen LogP contribution in [0.15, 0.2) is 23.0 Å². The van der Waals surface area contributed by atoms with Crippen molar-refractivity contribution >= 4 is 11.8 Å². The Morgan fingerprint density at radius 1 is 1.32 bits per heavy atom. The van der Waals surface area contributed by atoms with Crippen molar-refractivity contribution in [2.75, 3.05) is 13.1 Å². The average Bonchev–Trinajstić information content (AvgIpc) is 2.85. The van der Waals surface area contributed by atoms with Gasteiger partial charge in [0.2, 0.25) is 0 Å². The predicted octanol–water partition coefficient (Wildman–Crippen LogP) is 0.108. The van der Waals surface area contributed by atoms with Crippen LogP contribution in [0.5, 0.6) is 0 Å². The molecule has 19 heavy (non-hydrogen) atoms. The molecular formula is C10H11F3N2O4. The number of carbonyl (C=O) groups is 2. The molecule has 9 heteroatoms. The third-order valence-electron chi connectivity index (χ3n) is 2.04. The number of carbonyl (C=O) groups excluding carboxylic acids is 2. The van der Waals surface area contributed by atoms with Gasteiger partial charge in [0.25, 0.3) is 0 Å². The largest absolute Gasteiger partial charge is 0.472 e. The van der Waals surface area contributed by atoms with Gasteiger partial charge < -0.3 is 20.2 Å². The van der Waals surface area contributed by atoms with Crippen LogP contribution < -0.4 is 10.6 Å². The molecule has 1 aromatic rings. The molecule has 1 aromatic heterocycles. The van der Waals surface area contributed by atoms with E-state index in [-0.39, 0.29) is 6.54 Å². The van der Waals surface area contributed by atoms with Crippen LogP contribution in [-0.2, 0) is 9.59 Å². The molecule has 0 aliphatic rings. The van der Waals surface area contributed by atoms with E-state index < -0.39 is 30.6 Å². The zero-order valence-corrected chi connectivity index (χ0v) is 9.53. The molecule has 0 spiro atoms. The molecule has 2 amide bonds. The highest BCUT2D eigenvalue weighted by molar-refractivity contribution is 6.35. The van der Waals surface area contributed by atoms with Gasteiger partial charge in [0.15, 0.2) is 0 Å². The fraction of sp³-hybridized carbons (Fsp3) is 0.400. The lowest BCUT2D eigenvalue weighted by Crippen LogP contribution is -2.44. The molecule has 0 unspecified atom stereocenters. The van der Waals surface area contributed by atoms with E-state index >= 15 is 0 Å². The number of nitrogens with one attached hydrogen (secondary N) is 2. The Morgan fingerprint density at radius 3 is 2.47 bits per heavy atom. The van der Waals surface area contributed by atoms with Crippen molar-refractivity contribution in [2.24, 2.45) is 0 Å². The minimum atomic E-state index is -4.59. The molecule has 0 aliphatic carbocycles. The van der Waals surface area contributed by atoms with E-state index in [2.05, 4.69) is 4.42 Å². The number of furan rings is 1. The molecule has 0 bridgehead atoms. The zero-order chi connectivity index (χ0) is 14.5. The van der Waals surface area contributed by atoms with Crippen LogP contribution in [0.25, 0.3) is 0 Å². The first-order valence-corrected chi connectivity index (χ1v) is 5.12. The summed E-state index contributed by atoms with van der Waals surface area (Å²) < 4.78 is 40.0. The van der Waals surface area contributed by atoms with E-state index in [1.54, 1.807) is 0 Å². The van der Waals surface area contributed by atoms with E-state index in [1.807, 2.05) is 5.32 Å². The molecule has 6 nitrogen and oxygen atoms in total. The van der Waals surface area contributed by atoms with Gasteiger partial charge >= 0.3 is 18.0 Å². The molecule has 0 aliphatic heterocycles. The van der Waals surface area contributed by atoms with Crippen molar-refractivity contribution in [1.82, 2.24) is 10.6 Å². The van der Waals surface area contributed by atoms with Crippen molar-refractivity contribution in [3.8, 4) is 0 Å². The van der Waals surface area contributed by atoms with Gasteiger partial charge in [0, 0.05) is 12.1 Å². The Morgan fingerprint density at radius 2 is 1.95 bits per heavy atom. The summed E-state index contributed by atoms with van der Waals surface area (Å²) >= 11 is 0. The number of amides is 2. The van der Waals surface area contributed by atoms with E-state index in [0.717, 1.165) is 0 Å². The topological polar surface area (TPSA) is 91.6 Å². The molecule has 1 atom stereocenters. The van der Waals surface area contributed by atoms with Gasteiger partial charge in [-0.3, -0.25) is 9.59 Å². The zero-order valence-electron chi connectivity index (χ0n) is 9.53. The van der Waals surface area contributed by atoms with Crippen molar-refractivity contribution in [3.05, 3.63) is 24.2 Å². The molecule has 3 N–H and O–H groups in total. The Labute approximate surface area is 105 Å². The molecule has 0 radical (unpaired) electrons. The third kappa shape index (κ3) is 5.42. The standard InChI is InChI=1S/C10H11F3N2O4/c11-10(12,13)5-15-9(18)8(17)14-3-7(16)6-1-2-19-4-6/h1-2,4,7,16H,3,5H2,(H,14,17)(H,15,18)/t7-/m0/s1. The molecule has 0 saturated carbocycles. The molecule has 0 saturated heterocycles. The number of aliphatic hydroxyl groups is 1. The SMILES string of the molecule is O=C(NC[C@H](O)c1ccoc1)C(=O)NCC(F)(F)F. The normalized spacial score (nSPS) is 12.8. The van der Waals surface area contributed by atoms with Crippen LogP contribution in [0, 0.1) is 0 Å². The summed E-state index contributed by atoms with van der Waals surface area (Å²) in [4.78, 5) is 22.1. The van der Waals surface area contributed by atoms with Gasteiger partial charge in [-0.1, -0.05) is 0 Å². The summed E-state index contributed by atoms with van der Waals surface area (Å²) in [5.74, 6) is -2.68. The minimum Gasteiger partial charge on any atom is -0.472 e. The van der Waals surface area contributed by atoms with Crippen LogP contribution in [0.3, 0.4) is 0 Å². The van der Waals surface area contributed by atoms with Gasteiger partial charge in [0.1, 0.15) is 6.54 Å². The first kappa shape index (κ1) is 15.0. The van der Waals surface area contributed by atoms with E-state index in [0.29, 0.717) is 5.56 Å². The molecular weight excluding hydrogens is 269 g/mol. The highest BCUT2D eigenvalue weighted by atomic mass is 19.4. The lowest BCUT2D eigenvalue weighted by atomic mass is 10.2. The Bertz CT molecular complexity index is 430. The van der Waals surface area contributed by atoms with Gasteiger partial charge in [-0.15, -0.1) is 0 Å². The molecule has 1 heterocycles. The molecule has 0 aromatic carbocycles. The number of halogens is 3. The summed E-state index contributed by atoms with van der Waals surface area (Å²) in [6, 6.07) is 1.44. The van der Waals surface area contributed by atoms with E-state index in [9.17, 15) is 27.9 Å². The number of alkyl halides is 3. The van der Waals surface area contributed by atoms with Crippen LogP contribution in [0.2, 0.25) is 0 Å². The fourth-order valence-corrected chi connectivity index (χ4v) is 1.11. The molecule has 106 valence electrons. The lowest BCUT2D eigenvalue weighted by Gasteiger charge is -2.11.